The molecule has 1 aromatic rings. The van der Waals surface area contributed by atoms with Crippen LogP contribution in [-0.4, -0.2) is 76.1 Å². The molecule has 3 rings (SSSR count). The number of aliphatic hydroxyl groups excluding tert-OH is 1. The molecule has 0 bridgehead atoms. The van der Waals surface area contributed by atoms with Crippen LogP contribution in [0.3, 0.4) is 0 Å². The van der Waals surface area contributed by atoms with Gasteiger partial charge in [-0.15, -0.1) is 0 Å². The lowest BCUT2D eigenvalue weighted by atomic mass is 9.73. The summed E-state index contributed by atoms with van der Waals surface area (Å²) in [7, 11) is 0. The first-order chi connectivity index (χ1) is 14.6. The van der Waals surface area contributed by atoms with E-state index in [2.05, 4.69) is 35.3 Å². The summed E-state index contributed by atoms with van der Waals surface area (Å²) in [5, 5.41) is 25.1. The second kappa shape index (κ2) is 10.4. The van der Waals surface area contributed by atoms with Gasteiger partial charge < -0.3 is 24.8 Å². The summed E-state index contributed by atoms with van der Waals surface area (Å²) in [4.78, 5) is 23.6. The number of rotatable bonds is 4. The fraction of sp³-hybridized carbons (Fsp3) is 0.682. The van der Waals surface area contributed by atoms with E-state index >= 15 is 0 Å². The van der Waals surface area contributed by atoms with Crippen molar-refractivity contribution in [2.75, 3.05) is 26.2 Å². The topological polar surface area (TPSA) is 125 Å². The molecule has 1 amide bonds. The summed E-state index contributed by atoms with van der Waals surface area (Å²) in [6.45, 7) is 12.5. The Balaban J connectivity index is 0.00000107. The molecule has 1 spiro atoms. The van der Waals surface area contributed by atoms with Crippen molar-refractivity contribution in [3.05, 3.63) is 28.7 Å². The number of aliphatic hydroxyl groups is 1. The third-order valence-corrected chi connectivity index (χ3v) is 6.23. The number of likely N-dealkylation sites (tertiary alicyclic amines) is 1. The zero-order valence-corrected chi connectivity index (χ0v) is 19.1. The monoisotopic (exact) mass is 437 g/mol. The predicted molar refractivity (Wildman–Crippen MR) is 115 cm³/mol. The van der Waals surface area contributed by atoms with Gasteiger partial charge in [0.05, 0.1) is 16.8 Å². The second-order valence-electron chi connectivity index (χ2n) is 8.82. The van der Waals surface area contributed by atoms with Crippen LogP contribution in [0.4, 0.5) is 0 Å². The largest absolute Gasteiger partial charge is 0.483 e. The summed E-state index contributed by atoms with van der Waals surface area (Å²) in [6.07, 6.45) is 3.52. The minimum absolute atomic E-state index is 0.250. The van der Waals surface area contributed by atoms with Crippen molar-refractivity contribution >= 4 is 12.4 Å². The van der Waals surface area contributed by atoms with Gasteiger partial charge in [-0.1, -0.05) is 16.8 Å². The molecule has 2 atom stereocenters. The molecule has 9 heteroatoms. The van der Waals surface area contributed by atoms with Gasteiger partial charge >= 0.3 is 0 Å². The number of nitrogens with zero attached hydrogens (tertiary/aromatic N) is 2. The lowest BCUT2D eigenvalue weighted by Crippen LogP contribution is -2.69. The van der Waals surface area contributed by atoms with Gasteiger partial charge in [0.1, 0.15) is 17.4 Å². The Bertz CT molecular complexity index is 774. The molecule has 3 heterocycles. The van der Waals surface area contributed by atoms with Gasteiger partial charge in [-0.05, 0) is 53.9 Å². The number of carbonyl (C=O) groups excluding carboxylic acids is 1. The van der Waals surface area contributed by atoms with Crippen molar-refractivity contribution in [3.8, 4) is 0 Å². The number of nitrogens with one attached hydrogen (secondary N) is 1. The SMILES string of the molecule is CC(C)=CCN1CCC2(CC1)OCC[C@](C)(NC(=O)c1c(C)noc1C)[C@H]2O.O=CO. The Morgan fingerprint density at radius 2 is 1.90 bits per heavy atom. The Hall–Kier alpha value is -2.23. The molecule has 0 radical (unpaired) electrons. The molecule has 1 aromatic heterocycles. The van der Waals surface area contributed by atoms with E-state index in [1.807, 2.05) is 6.92 Å². The van der Waals surface area contributed by atoms with E-state index in [1.54, 1.807) is 13.8 Å². The number of amides is 1. The van der Waals surface area contributed by atoms with Crippen LogP contribution in [0.1, 0.15) is 61.8 Å². The number of aromatic nitrogens is 1. The van der Waals surface area contributed by atoms with Crippen molar-refractivity contribution in [2.24, 2.45) is 0 Å². The molecule has 0 aromatic carbocycles. The van der Waals surface area contributed by atoms with Crippen LogP contribution >= 0.6 is 0 Å². The van der Waals surface area contributed by atoms with Crippen LogP contribution in [-0.2, 0) is 9.53 Å². The van der Waals surface area contributed by atoms with Crippen molar-refractivity contribution in [3.63, 3.8) is 0 Å². The highest BCUT2D eigenvalue weighted by molar-refractivity contribution is 5.96. The van der Waals surface area contributed by atoms with Gasteiger partial charge in [0, 0.05) is 26.2 Å². The van der Waals surface area contributed by atoms with Crippen LogP contribution in [0, 0.1) is 13.8 Å². The number of carbonyl (C=O) groups is 2. The van der Waals surface area contributed by atoms with Crippen LogP contribution < -0.4 is 5.32 Å². The number of hydrogen-bond donors (Lipinski definition) is 3. The summed E-state index contributed by atoms with van der Waals surface area (Å²) < 4.78 is 11.3. The molecule has 31 heavy (non-hydrogen) atoms. The van der Waals surface area contributed by atoms with E-state index in [9.17, 15) is 9.90 Å². The molecule has 2 saturated heterocycles. The van der Waals surface area contributed by atoms with E-state index in [4.69, 9.17) is 19.2 Å². The molecule has 0 aliphatic carbocycles. The minimum Gasteiger partial charge on any atom is -0.483 e. The first kappa shape index (κ1) is 25.0. The summed E-state index contributed by atoms with van der Waals surface area (Å²) in [5.74, 6) is 0.235. The smallest absolute Gasteiger partial charge is 0.290 e. The summed E-state index contributed by atoms with van der Waals surface area (Å²) in [5.41, 5.74) is 0.949. The molecular formula is C22H35N3O6. The number of hydrogen-bond acceptors (Lipinski definition) is 7. The molecule has 9 nitrogen and oxygen atoms in total. The van der Waals surface area contributed by atoms with Gasteiger partial charge in [0.25, 0.3) is 12.4 Å². The molecule has 174 valence electrons. The Labute approximate surface area is 183 Å². The van der Waals surface area contributed by atoms with Crippen LogP contribution in [0.15, 0.2) is 16.2 Å². The van der Waals surface area contributed by atoms with Crippen molar-refractivity contribution < 1.29 is 29.1 Å². The van der Waals surface area contributed by atoms with Gasteiger partial charge in [0.15, 0.2) is 0 Å². The molecule has 2 fully saturated rings. The standard InChI is InChI=1S/C21H33N3O4.CH2O2/c1-14(2)6-10-24-11-7-21(8-12-24)19(26)20(5,9-13-27-21)22-18(25)17-15(3)23-28-16(17)4;2-1-3/h6,19,26H,7-13H2,1-5H3,(H,22,25);1H,(H,2,3)/t19-,20+;/m1./s1. The average Bonchev–Trinajstić information content (AvgIpc) is 3.04. The Morgan fingerprint density at radius 1 is 1.29 bits per heavy atom. The normalized spacial score (nSPS) is 25.3. The Kier molecular flexibility index (Phi) is 8.39. The first-order valence-corrected chi connectivity index (χ1v) is 10.6. The lowest BCUT2D eigenvalue weighted by molar-refractivity contribution is -0.205. The van der Waals surface area contributed by atoms with Gasteiger partial charge in [0.2, 0.25) is 0 Å². The second-order valence-corrected chi connectivity index (χ2v) is 8.82. The van der Waals surface area contributed by atoms with E-state index in [0.717, 1.165) is 32.5 Å². The van der Waals surface area contributed by atoms with Crippen LogP contribution in [0.2, 0.25) is 0 Å². The number of piperidine rings is 1. The van der Waals surface area contributed by atoms with Gasteiger partial charge in [-0.3, -0.25) is 14.5 Å². The number of carboxylic acid groups (broad SMARTS) is 1. The highest BCUT2D eigenvalue weighted by Gasteiger charge is 2.53. The molecule has 2 aliphatic rings. The van der Waals surface area contributed by atoms with E-state index in [-0.39, 0.29) is 12.4 Å². The first-order valence-electron chi connectivity index (χ1n) is 10.6. The minimum atomic E-state index is -0.774. The van der Waals surface area contributed by atoms with Gasteiger partial charge in [-0.2, -0.15) is 0 Å². The predicted octanol–water partition coefficient (Wildman–Crippen LogP) is 2.06. The maximum atomic E-state index is 12.9. The van der Waals surface area contributed by atoms with E-state index in [1.165, 1.54) is 5.57 Å². The van der Waals surface area contributed by atoms with Crippen molar-refractivity contribution in [1.29, 1.82) is 0 Å². The summed E-state index contributed by atoms with van der Waals surface area (Å²) >= 11 is 0. The maximum absolute atomic E-state index is 12.9. The zero-order valence-electron chi connectivity index (χ0n) is 19.1. The fourth-order valence-electron chi connectivity index (χ4n) is 4.37. The molecule has 3 N–H and O–H groups in total. The Morgan fingerprint density at radius 3 is 2.42 bits per heavy atom. The third-order valence-electron chi connectivity index (χ3n) is 6.23. The third kappa shape index (κ3) is 5.72. The number of allylic oxidation sites excluding steroid dienone is 1. The lowest BCUT2D eigenvalue weighted by Gasteiger charge is -2.53. The molecular weight excluding hydrogens is 402 g/mol. The summed E-state index contributed by atoms with van der Waals surface area (Å²) in [6, 6.07) is 0. The zero-order chi connectivity index (χ0) is 23.2. The van der Waals surface area contributed by atoms with Crippen molar-refractivity contribution in [1.82, 2.24) is 15.4 Å². The van der Waals surface area contributed by atoms with Gasteiger partial charge in [-0.25, -0.2) is 0 Å². The number of aryl methyl sites for hydroxylation is 2. The highest BCUT2D eigenvalue weighted by atomic mass is 16.5. The van der Waals surface area contributed by atoms with Crippen LogP contribution in [0.25, 0.3) is 0 Å². The maximum Gasteiger partial charge on any atom is 0.290 e. The fourth-order valence-corrected chi connectivity index (χ4v) is 4.37. The highest BCUT2D eigenvalue weighted by Crippen LogP contribution is 2.40. The quantitative estimate of drug-likeness (QED) is 0.483. The number of ether oxygens (including phenoxy) is 1. The van der Waals surface area contributed by atoms with Crippen LogP contribution in [0.5, 0.6) is 0 Å². The molecule has 0 unspecified atom stereocenters. The molecule has 2 aliphatic heterocycles. The van der Waals surface area contributed by atoms with E-state index < -0.39 is 17.2 Å². The average molecular weight is 438 g/mol. The molecule has 0 saturated carbocycles. The van der Waals surface area contributed by atoms with E-state index in [0.29, 0.717) is 30.0 Å². The van der Waals surface area contributed by atoms with Crippen molar-refractivity contribution in [2.45, 2.75) is 71.1 Å².